The molecule has 0 atom stereocenters. The quantitative estimate of drug-likeness (QED) is 0.902. The van der Waals surface area contributed by atoms with Crippen LogP contribution in [0.2, 0.25) is 0 Å². The Morgan fingerprint density at radius 3 is 2.94 bits per heavy atom. The summed E-state index contributed by atoms with van der Waals surface area (Å²) in [5.41, 5.74) is 2.86. The summed E-state index contributed by atoms with van der Waals surface area (Å²) in [6, 6.07) is 5.96. The number of nitrogens with one attached hydrogen (secondary N) is 1. The van der Waals surface area contributed by atoms with Gasteiger partial charge in [-0.05, 0) is 30.7 Å². The molecule has 2 rings (SSSR count). The maximum absolute atomic E-state index is 10.7. The van der Waals surface area contributed by atoms with Gasteiger partial charge in [0.15, 0.2) is 0 Å². The van der Waals surface area contributed by atoms with Crippen molar-refractivity contribution in [2.45, 2.75) is 13.5 Å². The number of anilines is 1. The van der Waals surface area contributed by atoms with E-state index in [1.165, 1.54) is 0 Å². The number of hydrogen-bond donors (Lipinski definition) is 2. The molecule has 1 heterocycles. The van der Waals surface area contributed by atoms with E-state index in [2.05, 4.69) is 26.2 Å². The van der Waals surface area contributed by atoms with Gasteiger partial charge >= 0.3 is 5.97 Å². The predicted octanol–water partition coefficient (Wildman–Crippen LogP) is 3.52. The first-order chi connectivity index (χ1) is 8.56. The Morgan fingerprint density at radius 2 is 2.33 bits per heavy atom. The molecule has 1 aromatic carbocycles. The zero-order valence-electron chi connectivity index (χ0n) is 9.61. The van der Waals surface area contributed by atoms with Gasteiger partial charge in [0, 0.05) is 15.5 Å². The van der Waals surface area contributed by atoms with Crippen LogP contribution in [-0.4, -0.2) is 16.1 Å². The van der Waals surface area contributed by atoms with E-state index < -0.39 is 5.97 Å². The molecule has 0 aliphatic carbocycles. The average molecular weight is 327 g/mol. The molecule has 0 unspecified atom stereocenters. The molecule has 4 nitrogen and oxygen atoms in total. The van der Waals surface area contributed by atoms with Gasteiger partial charge in [0.1, 0.15) is 0 Å². The van der Waals surface area contributed by atoms with Gasteiger partial charge in [-0.25, -0.2) is 9.78 Å². The first-order valence-corrected chi connectivity index (χ1v) is 6.91. The van der Waals surface area contributed by atoms with Crippen molar-refractivity contribution >= 4 is 38.9 Å². The largest absolute Gasteiger partial charge is 0.476 e. The Labute approximate surface area is 117 Å². The number of rotatable bonds is 4. The molecular weight excluding hydrogens is 316 g/mol. The third-order valence-corrected chi connectivity index (χ3v) is 4.14. The Kier molecular flexibility index (Phi) is 3.98. The van der Waals surface area contributed by atoms with Crippen LogP contribution in [0.4, 0.5) is 5.69 Å². The smallest absolute Gasteiger partial charge is 0.365 e. The predicted molar refractivity (Wildman–Crippen MR) is 75.3 cm³/mol. The molecule has 0 aliphatic heterocycles. The molecule has 1 aromatic heterocycles. The van der Waals surface area contributed by atoms with Gasteiger partial charge < -0.3 is 10.4 Å². The van der Waals surface area contributed by atoms with Crippen LogP contribution in [0.5, 0.6) is 0 Å². The molecule has 18 heavy (non-hydrogen) atoms. The number of aromatic carboxylic acids is 1. The SMILES string of the molecule is Cc1cc(NCc2csc(C(=O)O)n2)ccc1Br. The van der Waals surface area contributed by atoms with Crippen LogP contribution in [0.25, 0.3) is 0 Å². The number of thiazole rings is 1. The van der Waals surface area contributed by atoms with E-state index in [4.69, 9.17) is 5.11 Å². The van der Waals surface area contributed by atoms with Gasteiger partial charge in [-0.15, -0.1) is 11.3 Å². The molecule has 94 valence electrons. The average Bonchev–Trinajstić information content (AvgIpc) is 2.79. The summed E-state index contributed by atoms with van der Waals surface area (Å²) < 4.78 is 1.06. The number of aryl methyl sites for hydroxylation is 1. The summed E-state index contributed by atoms with van der Waals surface area (Å²) >= 11 is 4.58. The number of benzene rings is 1. The molecule has 6 heteroatoms. The van der Waals surface area contributed by atoms with Crippen molar-refractivity contribution in [3.63, 3.8) is 0 Å². The lowest BCUT2D eigenvalue weighted by atomic mass is 10.2. The van der Waals surface area contributed by atoms with E-state index >= 15 is 0 Å². The molecule has 2 aromatic rings. The number of nitrogens with zero attached hydrogens (tertiary/aromatic N) is 1. The highest BCUT2D eigenvalue weighted by atomic mass is 79.9. The summed E-state index contributed by atoms with van der Waals surface area (Å²) in [7, 11) is 0. The minimum absolute atomic E-state index is 0.124. The first-order valence-electron chi connectivity index (χ1n) is 5.24. The van der Waals surface area contributed by atoms with Gasteiger partial charge in [0.2, 0.25) is 5.01 Å². The van der Waals surface area contributed by atoms with Gasteiger partial charge in [0.05, 0.1) is 12.2 Å². The number of carboxylic acids is 1. The lowest BCUT2D eigenvalue weighted by Gasteiger charge is -2.06. The number of halogens is 1. The van der Waals surface area contributed by atoms with Gasteiger partial charge in [0.25, 0.3) is 0 Å². The van der Waals surface area contributed by atoms with Gasteiger partial charge in [-0.1, -0.05) is 15.9 Å². The third-order valence-electron chi connectivity index (χ3n) is 2.37. The minimum atomic E-state index is -0.981. The van der Waals surface area contributed by atoms with Crippen molar-refractivity contribution in [3.8, 4) is 0 Å². The fraction of sp³-hybridized carbons (Fsp3) is 0.167. The molecule has 0 saturated heterocycles. The highest BCUT2D eigenvalue weighted by Crippen LogP contribution is 2.20. The van der Waals surface area contributed by atoms with E-state index in [-0.39, 0.29) is 5.01 Å². The van der Waals surface area contributed by atoms with Gasteiger partial charge in [-0.2, -0.15) is 0 Å². The second-order valence-corrected chi connectivity index (χ2v) is 5.48. The van der Waals surface area contributed by atoms with Crippen LogP contribution in [-0.2, 0) is 6.54 Å². The van der Waals surface area contributed by atoms with Crippen LogP contribution in [0.1, 0.15) is 21.1 Å². The maximum Gasteiger partial charge on any atom is 0.365 e. The summed E-state index contributed by atoms with van der Waals surface area (Å²) in [5, 5.41) is 13.9. The third kappa shape index (κ3) is 3.08. The topological polar surface area (TPSA) is 62.2 Å². The molecule has 2 N–H and O–H groups in total. The second kappa shape index (κ2) is 5.49. The number of aromatic nitrogens is 1. The normalized spacial score (nSPS) is 10.3. The summed E-state index contributed by atoms with van der Waals surface area (Å²) in [6.45, 7) is 2.53. The van der Waals surface area contributed by atoms with Crippen LogP contribution in [0.15, 0.2) is 28.1 Å². The molecule has 0 spiro atoms. The molecule has 0 saturated carbocycles. The van der Waals surface area contributed by atoms with Crippen molar-refractivity contribution < 1.29 is 9.90 Å². The highest BCUT2D eigenvalue weighted by molar-refractivity contribution is 9.10. The molecule has 0 radical (unpaired) electrons. The monoisotopic (exact) mass is 326 g/mol. The summed E-state index contributed by atoms with van der Waals surface area (Å²) in [6.07, 6.45) is 0. The fourth-order valence-corrected chi connectivity index (χ4v) is 2.33. The lowest BCUT2D eigenvalue weighted by Crippen LogP contribution is -2.01. The maximum atomic E-state index is 10.7. The van der Waals surface area contributed by atoms with E-state index in [0.29, 0.717) is 6.54 Å². The molecular formula is C12H11BrN2O2S. The van der Waals surface area contributed by atoms with Crippen molar-refractivity contribution in [2.24, 2.45) is 0 Å². The summed E-state index contributed by atoms with van der Waals surface area (Å²) in [5.74, 6) is -0.981. The van der Waals surface area contributed by atoms with Crippen LogP contribution in [0.3, 0.4) is 0 Å². The van der Waals surface area contributed by atoms with Crippen LogP contribution >= 0.6 is 27.3 Å². The number of carboxylic acid groups (broad SMARTS) is 1. The van der Waals surface area contributed by atoms with Crippen LogP contribution < -0.4 is 5.32 Å². The molecule has 0 aliphatic rings. The van der Waals surface area contributed by atoms with Crippen molar-refractivity contribution in [1.82, 2.24) is 4.98 Å². The fourth-order valence-electron chi connectivity index (χ4n) is 1.43. The lowest BCUT2D eigenvalue weighted by molar-refractivity contribution is 0.0696. The minimum Gasteiger partial charge on any atom is -0.476 e. The Bertz CT molecular complexity index is 583. The Hall–Kier alpha value is -1.40. The van der Waals surface area contributed by atoms with Crippen molar-refractivity contribution in [3.05, 3.63) is 44.3 Å². The standard InChI is InChI=1S/C12H11BrN2O2S/c1-7-4-8(2-3-10(7)13)14-5-9-6-18-11(15-9)12(16)17/h2-4,6,14H,5H2,1H3,(H,16,17). The molecule has 0 amide bonds. The van der Waals surface area contributed by atoms with E-state index in [9.17, 15) is 4.79 Å². The molecule has 0 bridgehead atoms. The number of carbonyl (C=O) groups is 1. The van der Waals surface area contributed by atoms with E-state index in [1.54, 1.807) is 5.38 Å². The highest BCUT2D eigenvalue weighted by Gasteiger charge is 2.08. The van der Waals surface area contributed by atoms with Gasteiger partial charge in [-0.3, -0.25) is 0 Å². The Balaban J connectivity index is 2.02. The second-order valence-electron chi connectivity index (χ2n) is 3.77. The van der Waals surface area contributed by atoms with Crippen molar-refractivity contribution in [2.75, 3.05) is 5.32 Å². The first kappa shape index (κ1) is 13.0. The molecule has 0 fully saturated rings. The van der Waals surface area contributed by atoms with E-state index in [0.717, 1.165) is 32.8 Å². The van der Waals surface area contributed by atoms with Crippen molar-refractivity contribution in [1.29, 1.82) is 0 Å². The number of hydrogen-bond acceptors (Lipinski definition) is 4. The zero-order valence-corrected chi connectivity index (χ0v) is 12.0. The Morgan fingerprint density at radius 1 is 1.56 bits per heavy atom. The van der Waals surface area contributed by atoms with Crippen LogP contribution in [0, 0.1) is 6.92 Å². The summed E-state index contributed by atoms with van der Waals surface area (Å²) in [4.78, 5) is 14.7. The van der Waals surface area contributed by atoms with E-state index in [1.807, 2.05) is 25.1 Å². The zero-order chi connectivity index (χ0) is 13.1.